The number of aromatic nitrogens is 1. The lowest BCUT2D eigenvalue weighted by molar-refractivity contribution is 1.22. The summed E-state index contributed by atoms with van der Waals surface area (Å²) in [6.45, 7) is 10.7. The molecule has 23 heavy (non-hydrogen) atoms. The number of nitrogens with zero attached hydrogens (tertiary/aromatic N) is 1. The zero-order valence-electron chi connectivity index (χ0n) is 14.6. The van der Waals surface area contributed by atoms with E-state index in [4.69, 9.17) is 0 Å². The Kier molecular flexibility index (Phi) is 4.04. The van der Waals surface area contributed by atoms with Gasteiger partial charge in [0.2, 0.25) is 0 Å². The van der Waals surface area contributed by atoms with Crippen molar-refractivity contribution < 1.29 is 0 Å². The Balaban J connectivity index is 2.18. The fourth-order valence-electron chi connectivity index (χ4n) is 3.15. The third-order valence-electron chi connectivity index (χ3n) is 4.38. The Morgan fingerprint density at radius 3 is 1.78 bits per heavy atom. The highest BCUT2D eigenvalue weighted by atomic mass is 14.7. The van der Waals surface area contributed by atoms with E-state index in [1.165, 1.54) is 44.5 Å². The van der Waals surface area contributed by atoms with Crippen LogP contribution in [0.5, 0.6) is 0 Å². The van der Waals surface area contributed by atoms with Gasteiger partial charge in [0.05, 0.1) is 5.69 Å². The van der Waals surface area contributed by atoms with E-state index in [2.05, 4.69) is 82.1 Å². The Labute approximate surface area is 139 Å². The molecule has 3 rings (SSSR count). The summed E-state index contributed by atoms with van der Waals surface area (Å²) in [6, 6.07) is 15.5. The van der Waals surface area contributed by atoms with Gasteiger partial charge in [0.1, 0.15) is 0 Å². The van der Waals surface area contributed by atoms with Crippen LogP contribution in [-0.4, -0.2) is 4.98 Å². The monoisotopic (exact) mass is 301 g/mol. The van der Waals surface area contributed by atoms with Crippen molar-refractivity contribution in [3.05, 3.63) is 76.5 Å². The van der Waals surface area contributed by atoms with Crippen LogP contribution in [0, 0.1) is 34.6 Å². The summed E-state index contributed by atoms with van der Waals surface area (Å²) in [7, 11) is 0. The number of aryl methyl sites for hydroxylation is 4. The quantitative estimate of drug-likeness (QED) is 0.569. The molecule has 2 aromatic carbocycles. The summed E-state index contributed by atoms with van der Waals surface area (Å²) in [5, 5.41) is 0. The SMILES string of the molecule is Cc1cc(C)cc(-c2cc(C)cc(-c3nccc(C)c3C)c2)c1. The maximum atomic E-state index is 4.62. The zero-order chi connectivity index (χ0) is 16.6. The lowest BCUT2D eigenvalue weighted by atomic mass is 9.94. The van der Waals surface area contributed by atoms with Crippen LogP contribution < -0.4 is 0 Å². The van der Waals surface area contributed by atoms with Crippen molar-refractivity contribution in [1.82, 2.24) is 4.98 Å². The van der Waals surface area contributed by atoms with E-state index >= 15 is 0 Å². The molecule has 0 fully saturated rings. The molecule has 0 aliphatic carbocycles. The van der Waals surface area contributed by atoms with Gasteiger partial charge in [0, 0.05) is 11.8 Å². The zero-order valence-corrected chi connectivity index (χ0v) is 14.6. The van der Waals surface area contributed by atoms with Crippen molar-refractivity contribution >= 4 is 0 Å². The molecule has 0 amide bonds. The average Bonchev–Trinajstić information content (AvgIpc) is 2.48. The lowest BCUT2D eigenvalue weighted by Crippen LogP contribution is -1.93. The van der Waals surface area contributed by atoms with E-state index in [-0.39, 0.29) is 0 Å². The second kappa shape index (κ2) is 6.00. The summed E-state index contributed by atoms with van der Waals surface area (Å²) in [6.07, 6.45) is 1.90. The maximum Gasteiger partial charge on any atom is 0.0734 e. The number of hydrogen-bond acceptors (Lipinski definition) is 1. The maximum absolute atomic E-state index is 4.62. The molecule has 0 unspecified atom stereocenters. The first-order chi connectivity index (χ1) is 10.9. The van der Waals surface area contributed by atoms with Gasteiger partial charge in [-0.25, -0.2) is 0 Å². The van der Waals surface area contributed by atoms with Crippen LogP contribution in [0.25, 0.3) is 22.4 Å². The van der Waals surface area contributed by atoms with Gasteiger partial charge in [0.25, 0.3) is 0 Å². The first-order valence-electron chi connectivity index (χ1n) is 8.07. The van der Waals surface area contributed by atoms with Gasteiger partial charge in [-0.3, -0.25) is 4.98 Å². The summed E-state index contributed by atoms with van der Waals surface area (Å²) < 4.78 is 0. The molecule has 1 heteroatoms. The Bertz CT molecular complexity index is 855. The molecule has 0 saturated carbocycles. The van der Waals surface area contributed by atoms with E-state index < -0.39 is 0 Å². The molecule has 0 saturated heterocycles. The summed E-state index contributed by atoms with van der Waals surface area (Å²) in [5.41, 5.74) is 11.2. The first-order valence-corrected chi connectivity index (χ1v) is 8.07. The smallest absolute Gasteiger partial charge is 0.0734 e. The highest BCUT2D eigenvalue weighted by Crippen LogP contribution is 2.30. The summed E-state index contributed by atoms with van der Waals surface area (Å²) >= 11 is 0. The van der Waals surface area contributed by atoms with Gasteiger partial charge >= 0.3 is 0 Å². The van der Waals surface area contributed by atoms with Crippen molar-refractivity contribution in [3.8, 4) is 22.4 Å². The van der Waals surface area contributed by atoms with Crippen LogP contribution in [0.1, 0.15) is 27.8 Å². The predicted octanol–water partition coefficient (Wildman–Crippen LogP) is 5.96. The Hall–Kier alpha value is -2.41. The molecular weight excluding hydrogens is 278 g/mol. The van der Waals surface area contributed by atoms with Crippen LogP contribution in [0.15, 0.2) is 48.7 Å². The molecule has 0 bridgehead atoms. The average molecular weight is 301 g/mol. The van der Waals surface area contributed by atoms with E-state index in [9.17, 15) is 0 Å². The number of pyridine rings is 1. The van der Waals surface area contributed by atoms with Gasteiger partial charge in [-0.15, -0.1) is 0 Å². The second-order valence-electron chi connectivity index (χ2n) is 6.57. The molecule has 0 aliphatic heterocycles. The van der Waals surface area contributed by atoms with Crippen molar-refractivity contribution in [1.29, 1.82) is 0 Å². The van der Waals surface area contributed by atoms with Crippen LogP contribution >= 0.6 is 0 Å². The molecule has 0 aliphatic rings. The molecule has 3 aromatic rings. The first kappa shape index (κ1) is 15.5. The second-order valence-corrected chi connectivity index (χ2v) is 6.57. The van der Waals surface area contributed by atoms with E-state index in [0.29, 0.717) is 0 Å². The molecular formula is C22H23N. The molecule has 116 valence electrons. The number of rotatable bonds is 2. The fourth-order valence-corrected chi connectivity index (χ4v) is 3.15. The summed E-state index contributed by atoms with van der Waals surface area (Å²) in [5.74, 6) is 0. The van der Waals surface area contributed by atoms with Crippen LogP contribution in [-0.2, 0) is 0 Å². The normalized spacial score (nSPS) is 10.8. The molecule has 0 radical (unpaired) electrons. The van der Waals surface area contributed by atoms with Gasteiger partial charge in [-0.05, 0) is 80.6 Å². The molecule has 0 N–H and O–H groups in total. The van der Waals surface area contributed by atoms with Crippen LogP contribution in [0.4, 0.5) is 0 Å². The predicted molar refractivity (Wildman–Crippen MR) is 98.8 cm³/mol. The molecule has 1 heterocycles. The standard InChI is InChI=1S/C22H23N/c1-14-8-15(2)10-19(9-14)20-11-16(3)12-21(13-20)22-18(5)17(4)6-7-23-22/h6-13H,1-5H3. The number of benzene rings is 2. The Morgan fingerprint density at radius 2 is 1.13 bits per heavy atom. The molecule has 1 nitrogen and oxygen atoms in total. The third-order valence-corrected chi connectivity index (χ3v) is 4.38. The summed E-state index contributed by atoms with van der Waals surface area (Å²) in [4.78, 5) is 4.62. The lowest BCUT2D eigenvalue weighted by Gasteiger charge is -2.12. The van der Waals surface area contributed by atoms with Crippen molar-refractivity contribution in [2.75, 3.05) is 0 Å². The minimum absolute atomic E-state index is 1.08. The van der Waals surface area contributed by atoms with E-state index in [1.54, 1.807) is 0 Å². The molecule has 0 atom stereocenters. The van der Waals surface area contributed by atoms with Crippen molar-refractivity contribution in [3.63, 3.8) is 0 Å². The van der Waals surface area contributed by atoms with Crippen molar-refractivity contribution in [2.45, 2.75) is 34.6 Å². The fraction of sp³-hybridized carbons (Fsp3) is 0.227. The highest BCUT2D eigenvalue weighted by Gasteiger charge is 2.09. The van der Waals surface area contributed by atoms with Crippen molar-refractivity contribution in [2.24, 2.45) is 0 Å². The topological polar surface area (TPSA) is 12.9 Å². The third kappa shape index (κ3) is 3.19. The van der Waals surface area contributed by atoms with Crippen LogP contribution in [0.3, 0.4) is 0 Å². The van der Waals surface area contributed by atoms with Gasteiger partial charge < -0.3 is 0 Å². The van der Waals surface area contributed by atoms with Gasteiger partial charge in [-0.1, -0.05) is 35.4 Å². The highest BCUT2D eigenvalue weighted by molar-refractivity contribution is 5.74. The van der Waals surface area contributed by atoms with Gasteiger partial charge in [0.15, 0.2) is 0 Å². The molecule has 0 spiro atoms. The Morgan fingerprint density at radius 1 is 0.609 bits per heavy atom. The largest absolute Gasteiger partial charge is 0.256 e. The minimum atomic E-state index is 1.08. The van der Waals surface area contributed by atoms with Gasteiger partial charge in [-0.2, -0.15) is 0 Å². The van der Waals surface area contributed by atoms with Crippen LogP contribution in [0.2, 0.25) is 0 Å². The molecule has 1 aromatic heterocycles. The number of hydrogen-bond donors (Lipinski definition) is 0. The van der Waals surface area contributed by atoms with E-state index in [1.807, 2.05) is 6.20 Å². The minimum Gasteiger partial charge on any atom is -0.256 e. The van der Waals surface area contributed by atoms with E-state index in [0.717, 1.165) is 5.69 Å².